The molecule has 0 aliphatic carbocycles. The molecule has 0 bridgehead atoms. The van der Waals surface area contributed by atoms with Crippen LogP contribution in [0.25, 0.3) is 0 Å². The van der Waals surface area contributed by atoms with Gasteiger partial charge in [0.15, 0.2) is 0 Å². The van der Waals surface area contributed by atoms with Gasteiger partial charge < -0.3 is 5.32 Å². The largest absolute Gasteiger partial charge is 0.355 e. The van der Waals surface area contributed by atoms with Crippen molar-refractivity contribution in [1.82, 2.24) is 9.62 Å². The molecule has 1 heterocycles. The third kappa shape index (κ3) is 5.43. The Morgan fingerprint density at radius 3 is 2.56 bits per heavy atom. The SMILES string of the molecule is CC(C)CCCN([C@@H]1CCCCNC1=O)S(=O)(=O)c1ccc(Cl)cc1. The molecular weight excluding hydrogens is 360 g/mol. The molecule has 140 valence electrons. The van der Waals surface area contributed by atoms with Gasteiger partial charge in [0, 0.05) is 18.1 Å². The van der Waals surface area contributed by atoms with Crippen LogP contribution in [0.5, 0.6) is 0 Å². The minimum atomic E-state index is -3.75. The molecule has 25 heavy (non-hydrogen) atoms. The predicted molar refractivity (Wildman–Crippen MR) is 100 cm³/mol. The number of nitrogens with zero attached hydrogens (tertiary/aromatic N) is 1. The average Bonchev–Trinajstić information content (AvgIpc) is 2.76. The first-order valence-electron chi connectivity index (χ1n) is 8.87. The maximum Gasteiger partial charge on any atom is 0.243 e. The lowest BCUT2D eigenvalue weighted by Crippen LogP contribution is -2.49. The maximum atomic E-state index is 13.2. The Morgan fingerprint density at radius 1 is 1.24 bits per heavy atom. The van der Waals surface area contributed by atoms with E-state index in [9.17, 15) is 13.2 Å². The monoisotopic (exact) mass is 386 g/mol. The Labute approximate surface area is 155 Å². The summed E-state index contributed by atoms with van der Waals surface area (Å²) < 4.78 is 27.7. The molecule has 1 aromatic carbocycles. The summed E-state index contributed by atoms with van der Waals surface area (Å²) in [6, 6.07) is 5.49. The van der Waals surface area contributed by atoms with Crippen LogP contribution in [0.1, 0.15) is 46.0 Å². The van der Waals surface area contributed by atoms with Gasteiger partial charge in [-0.05, 0) is 62.3 Å². The van der Waals surface area contributed by atoms with Crippen LogP contribution in [0.4, 0.5) is 0 Å². The van der Waals surface area contributed by atoms with Gasteiger partial charge in [-0.25, -0.2) is 8.42 Å². The first-order valence-corrected chi connectivity index (χ1v) is 10.7. The molecule has 0 saturated carbocycles. The number of hydrogen-bond donors (Lipinski definition) is 1. The van der Waals surface area contributed by atoms with Crippen LogP contribution in [0.2, 0.25) is 5.02 Å². The van der Waals surface area contributed by atoms with Crippen LogP contribution in [0.3, 0.4) is 0 Å². The highest BCUT2D eigenvalue weighted by Crippen LogP contribution is 2.24. The third-order valence-corrected chi connectivity index (χ3v) is 6.61. The van der Waals surface area contributed by atoms with Gasteiger partial charge in [-0.2, -0.15) is 4.31 Å². The molecule has 1 N–H and O–H groups in total. The molecule has 1 atom stereocenters. The zero-order chi connectivity index (χ0) is 18.4. The van der Waals surface area contributed by atoms with E-state index < -0.39 is 16.1 Å². The van der Waals surface area contributed by atoms with Crippen molar-refractivity contribution in [2.24, 2.45) is 5.92 Å². The predicted octanol–water partition coefficient (Wildman–Crippen LogP) is 3.44. The van der Waals surface area contributed by atoms with Gasteiger partial charge in [-0.3, -0.25) is 4.79 Å². The number of hydrogen-bond acceptors (Lipinski definition) is 3. The molecule has 0 aromatic heterocycles. The van der Waals surface area contributed by atoms with Crippen molar-refractivity contribution < 1.29 is 13.2 Å². The lowest BCUT2D eigenvalue weighted by molar-refractivity contribution is -0.124. The van der Waals surface area contributed by atoms with Crippen molar-refractivity contribution in [3.05, 3.63) is 29.3 Å². The smallest absolute Gasteiger partial charge is 0.243 e. The Hall–Kier alpha value is -1.11. The minimum Gasteiger partial charge on any atom is -0.355 e. The summed E-state index contributed by atoms with van der Waals surface area (Å²) in [7, 11) is -3.75. The van der Waals surface area contributed by atoms with Crippen LogP contribution >= 0.6 is 11.6 Å². The summed E-state index contributed by atoms with van der Waals surface area (Å²) in [5, 5.41) is 3.32. The number of halogens is 1. The number of amides is 1. The first kappa shape index (κ1) is 20.2. The zero-order valence-corrected chi connectivity index (χ0v) is 16.4. The number of carbonyl (C=O) groups is 1. The van der Waals surface area contributed by atoms with E-state index >= 15 is 0 Å². The standard InChI is InChI=1S/C18H27ClN2O3S/c1-14(2)6-5-13-21(17-7-3-4-12-20-18(17)22)25(23,24)16-10-8-15(19)9-11-16/h8-11,14,17H,3-7,12-13H2,1-2H3,(H,20,22)/t17-/m1/s1. The molecule has 0 unspecified atom stereocenters. The molecule has 1 aliphatic rings. The van der Waals surface area contributed by atoms with Crippen molar-refractivity contribution >= 4 is 27.5 Å². The topological polar surface area (TPSA) is 66.5 Å². The van der Waals surface area contributed by atoms with E-state index in [1.165, 1.54) is 16.4 Å². The Bertz CT molecular complexity index is 674. The average molecular weight is 387 g/mol. The fourth-order valence-corrected chi connectivity index (χ4v) is 4.82. The molecule has 1 aliphatic heterocycles. The van der Waals surface area contributed by atoms with Gasteiger partial charge in [-0.1, -0.05) is 25.4 Å². The van der Waals surface area contributed by atoms with E-state index in [0.29, 0.717) is 30.5 Å². The molecule has 1 amide bonds. The van der Waals surface area contributed by atoms with Gasteiger partial charge >= 0.3 is 0 Å². The summed E-state index contributed by atoms with van der Waals surface area (Å²) >= 11 is 5.88. The summed E-state index contributed by atoms with van der Waals surface area (Å²) in [4.78, 5) is 12.6. The number of rotatable bonds is 7. The second-order valence-corrected chi connectivity index (χ2v) is 9.24. The van der Waals surface area contributed by atoms with E-state index in [2.05, 4.69) is 19.2 Å². The highest BCUT2D eigenvalue weighted by molar-refractivity contribution is 7.89. The van der Waals surface area contributed by atoms with Crippen molar-refractivity contribution in [3.63, 3.8) is 0 Å². The highest BCUT2D eigenvalue weighted by atomic mass is 35.5. The summed E-state index contributed by atoms with van der Waals surface area (Å²) in [6.07, 6.45) is 3.92. The van der Waals surface area contributed by atoms with Crippen LogP contribution in [-0.2, 0) is 14.8 Å². The number of carbonyl (C=O) groups excluding carboxylic acids is 1. The number of nitrogens with one attached hydrogen (secondary N) is 1. The Balaban J connectivity index is 2.31. The first-order chi connectivity index (χ1) is 11.8. The molecule has 2 rings (SSSR count). The van der Waals surface area contributed by atoms with E-state index in [1.807, 2.05) is 0 Å². The molecule has 1 aromatic rings. The fourth-order valence-electron chi connectivity index (χ4n) is 3.04. The second-order valence-electron chi connectivity index (χ2n) is 6.91. The molecule has 0 radical (unpaired) electrons. The van der Waals surface area contributed by atoms with Crippen LogP contribution in [-0.4, -0.2) is 37.8 Å². The van der Waals surface area contributed by atoms with E-state index in [0.717, 1.165) is 25.7 Å². The quantitative estimate of drug-likeness (QED) is 0.780. The van der Waals surface area contributed by atoms with Gasteiger partial charge in [0.05, 0.1) is 4.90 Å². The van der Waals surface area contributed by atoms with E-state index in [-0.39, 0.29) is 10.8 Å². The van der Waals surface area contributed by atoms with E-state index in [1.54, 1.807) is 12.1 Å². The van der Waals surface area contributed by atoms with Crippen LogP contribution < -0.4 is 5.32 Å². The molecule has 1 saturated heterocycles. The molecule has 1 fully saturated rings. The van der Waals surface area contributed by atoms with Gasteiger partial charge in [0.1, 0.15) is 6.04 Å². The molecule has 0 spiro atoms. The summed E-state index contributed by atoms with van der Waals surface area (Å²) in [5.41, 5.74) is 0. The summed E-state index contributed by atoms with van der Waals surface area (Å²) in [6.45, 7) is 5.17. The van der Waals surface area contributed by atoms with Crippen LogP contribution in [0, 0.1) is 5.92 Å². The van der Waals surface area contributed by atoms with Crippen molar-refractivity contribution in [2.75, 3.05) is 13.1 Å². The second kappa shape index (κ2) is 9.01. The zero-order valence-electron chi connectivity index (χ0n) is 14.9. The van der Waals surface area contributed by atoms with Crippen molar-refractivity contribution in [2.45, 2.75) is 56.9 Å². The van der Waals surface area contributed by atoms with E-state index in [4.69, 9.17) is 11.6 Å². The third-order valence-electron chi connectivity index (χ3n) is 4.43. The van der Waals surface area contributed by atoms with Crippen molar-refractivity contribution in [1.29, 1.82) is 0 Å². The fraction of sp³-hybridized carbons (Fsp3) is 0.611. The molecule has 7 heteroatoms. The van der Waals surface area contributed by atoms with Gasteiger partial charge in [0.2, 0.25) is 15.9 Å². The Kier molecular flexibility index (Phi) is 7.28. The molecule has 5 nitrogen and oxygen atoms in total. The number of benzene rings is 1. The lowest BCUT2D eigenvalue weighted by atomic mass is 10.1. The lowest BCUT2D eigenvalue weighted by Gasteiger charge is -2.29. The van der Waals surface area contributed by atoms with Crippen molar-refractivity contribution in [3.8, 4) is 0 Å². The summed E-state index contributed by atoms with van der Waals surface area (Å²) in [5.74, 6) is 0.294. The Morgan fingerprint density at radius 2 is 1.92 bits per heavy atom. The van der Waals surface area contributed by atoms with Gasteiger partial charge in [-0.15, -0.1) is 0 Å². The highest BCUT2D eigenvalue weighted by Gasteiger charge is 2.36. The van der Waals surface area contributed by atoms with Gasteiger partial charge in [0.25, 0.3) is 0 Å². The molecular formula is C18H27ClN2O3S. The van der Waals surface area contributed by atoms with Crippen LogP contribution in [0.15, 0.2) is 29.2 Å². The maximum absolute atomic E-state index is 13.2. The number of sulfonamides is 1. The minimum absolute atomic E-state index is 0.179. The normalized spacial score (nSPS) is 19.1.